The van der Waals surface area contributed by atoms with Crippen LogP contribution in [0.4, 0.5) is 24.3 Å². The topological polar surface area (TPSA) is 76.7 Å². The van der Waals surface area contributed by atoms with Gasteiger partial charge in [-0.1, -0.05) is 0 Å². The van der Waals surface area contributed by atoms with Crippen molar-refractivity contribution in [3.8, 4) is 0 Å². The maximum atomic E-state index is 12.1. The zero-order chi connectivity index (χ0) is 14.6. The predicted octanol–water partition coefficient (Wildman–Crippen LogP) is 2.62. The second kappa shape index (κ2) is 6.04. The van der Waals surface area contributed by atoms with Gasteiger partial charge in [-0.2, -0.15) is 13.2 Å². The van der Waals surface area contributed by atoms with E-state index in [0.717, 1.165) is 5.69 Å². The Balaban J connectivity index is 1.92. The van der Waals surface area contributed by atoms with Crippen LogP contribution in [-0.4, -0.2) is 21.1 Å². The number of anilines is 2. The molecule has 0 aliphatic rings. The number of nitrogens with two attached hydrogens (primary N) is 1. The number of hydrogen-bond acceptors (Lipinski definition) is 6. The molecule has 20 heavy (non-hydrogen) atoms. The summed E-state index contributed by atoms with van der Waals surface area (Å²) in [6.45, 7) is 0.371. The van der Waals surface area contributed by atoms with Crippen LogP contribution in [0, 0.1) is 0 Å². The van der Waals surface area contributed by atoms with E-state index in [1.165, 1.54) is 23.6 Å². The minimum Gasteiger partial charge on any atom is -0.375 e. The van der Waals surface area contributed by atoms with E-state index in [2.05, 4.69) is 20.3 Å². The molecule has 0 amide bonds. The lowest BCUT2D eigenvalue weighted by Gasteiger charge is -2.07. The Morgan fingerprint density at radius 1 is 1.25 bits per heavy atom. The normalized spacial score (nSPS) is 11.6. The summed E-state index contributed by atoms with van der Waals surface area (Å²) in [5.41, 5.74) is 6.57. The van der Waals surface area contributed by atoms with Gasteiger partial charge in [-0.3, -0.25) is 0 Å². The molecule has 0 aromatic carbocycles. The Kier molecular flexibility index (Phi) is 4.38. The van der Waals surface area contributed by atoms with Crippen molar-refractivity contribution in [1.29, 1.82) is 0 Å². The molecule has 3 N–H and O–H groups in total. The van der Waals surface area contributed by atoms with Gasteiger partial charge in [0.05, 0.1) is 12.2 Å². The van der Waals surface area contributed by atoms with Crippen LogP contribution in [0.15, 0.2) is 17.6 Å². The zero-order valence-electron chi connectivity index (χ0n) is 10.3. The summed E-state index contributed by atoms with van der Waals surface area (Å²) in [5, 5.41) is 5.14. The van der Waals surface area contributed by atoms with Gasteiger partial charge in [-0.25, -0.2) is 15.0 Å². The molecule has 0 saturated heterocycles. The average molecular weight is 303 g/mol. The van der Waals surface area contributed by atoms with Gasteiger partial charge in [0.15, 0.2) is 5.13 Å². The highest BCUT2D eigenvalue weighted by Gasteiger charge is 2.26. The molecule has 0 bridgehead atoms. The predicted molar refractivity (Wildman–Crippen MR) is 70.3 cm³/mol. The van der Waals surface area contributed by atoms with Crippen LogP contribution in [0.3, 0.4) is 0 Å². The fourth-order valence-corrected chi connectivity index (χ4v) is 2.03. The largest absolute Gasteiger partial charge is 0.389 e. The van der Waals surface area contributed by atoms with E-state index in [4.69, 9.17) is 5.73 Å². The van der Waals surface area contributed by atoms with Crippen LogP contribution in [0.1, 0.15) is 17.8 Å². The van der Waals surface area contributed by atoms with Gasteiger partial charge < -0.3 is 11.1 Å². The molecule has 0 radical (unpaired) electrons. The number of nitrogens with zero attached hydrogens (tertiary/aromatic N) is 3. The maximum Gasteiger partial charge on any atom is 0.389 e. The third-order valence-electron chi connectivity index (χ3n) is 2.37. The Hall–Kier alpha value is -1.90. The van der Waals surface area contributed by atoms with Crippen molar-refractivity contribution in [3.05, 3.63) is 29.0 Å². The second-order valence-electron chi connectivity index (χ2n) is 4.02. The maximum absolute atomic E-state index is 12.1. The highest BCUT2D eigenvalue weighted by atomic mass is 32.1. The Labute approximate surface area is 117 Å². The van der Waals surface area contributed by atoms with E-state index in [1.807, 2.05) is 0 Å². The Morgan fingerprint density at radius 3 is 2.70 bits per heavy atom. The summed E-state index contributed by atoms with van der Waals surface area (Å²) in [4.78, 5) is 12.0. The van der Waals surface area contributed by atoms with E-state index in [0.29, 0.717) is 17.4 Å². The summed E-state index contributed by atoms with van der Waals surface area (Å²) in [5.74, 6) is 0.274. The SMILES string of the molecule is Nc1nc(CNc2nccc(CCC(F)(F)F)n2)cs1. The molecule has 2 rings (SSSR count). The number of alkyl halides is 3. The van der Waals surface area contributed by atoms with Crippen LogP contribution in [0.25, 0.3) is 0 Å². The molecule has 2 aromatic heterocycles. The van der Waals surface area contributed by atoms with Crippen LogP contribution in [0.5, 0.6) is 0 Å². The third kappa shape index (κ3) is 4.65. The number of halogens is 3. The molecular weight excluding hydrogens is 291 g/mol. The molecular formula is C11H12F3N5S. The van der Waals surface area contributed by atoms with Crippen molar-refractivity contribution in [2.75, 3.05) is 11.1 Å². The van der Waals surface area contributed by atoms with E-state index >= 15 is 0 Å². The lowest BCUT2D eigenvalue weighted by Crippen LogP contribution is -2.10. The van der Waals surface area contributed by atoms with Gasteiger partial charge >= 0.3 is 6.18 Å². The molecule has 2 aromatic rings. The molecule has 0 fully saturated rings. The molecule has 0 spiro atoms. The number of aryl methyl sites for hydroxylation is 1. The zero-order valence-corrected chi connectivity index (χ0v) is 11.1. The Morgan fingerprint density at radius 2 is 2.05 bits per heavy atom. The smallest absolute Gasteiger partial charge is 0.375 e. The fraction of sp³-hybridized carbons (Fsp3) is 0.364. The number of nitrogen functional groups attached to an aromatic ring is 1. The summed E-state index contributed by atoms with van der Waals surface area (Å²) < 4.78 is 36.4. The van der Waals surface area contributed by atoms with E-state index in [9.17, 15) is 13.2 Å². The summed E-state index contributed by atoms with van der Waals surface area (Å²) in [6, 6.07) is 1.47. The lowest BCUT2D eigenvalue weighted by atomic mass is 10.2. The average Bonchev–Trinajstić information content (AvgIpc) is 2.80. The van der Waals surface area contributed by atoms with Crippen LogP contribution in [-0.2, 0) is 13.0 Å². The van der Waals surface area contributed by atoms with E-state index in [-0.39, 0.29) is 12.4 Å². The lowest BCUT2D eigenvalue weighted by molar-refractivity contribution is -0.134. The molecule has 0 unspecified atom stereocenters. The number of thiazole rings is 1. The molecule has 0 aliphatic heterocycles. The first-order valence-corrected chi connectivity index (χ1v) is 6.63. The van der Waals surface area contributed by atoms with Gasteiger partial charge in [0.25, 0.3) is 0 Å². The number of rotatable bonds is 5. The first-order valence-electron chi connectivity index (χ1n) is 5.75. The quantitative estimate of drug-likeness (QED) is 0.888. The summed E-state index contributed by atoms with van der Waals surface area (Å²) >= 11 is 1.31. The van der Waals surface area contributed by atoms with Gasteiger partial charge in [0, 0.05) is 23.7 Å². The fourth-order valence-electron chi connectivity index (χ4n) is 1.46. The summed E-state index contributed by atoms with van der Waals surface area (Å²) in [7, 11) is 0. The molecule has 2 heterocycles. The van der Waals surface area contributed by atoms with Gasteiger partial charge in [0.2, 0.25) is 5.95 Å². The van der Waals surface area contributed by atoms with Crippen molar-refractivity contribution >= 4 is 22.4 Å². The highest BCUT2D eigenvalue weighted by Crippen LogP contribution is 2.21. The third-order valence-corrected chi connectivity index (χ3v) is 3.10. The monoisotopic (exact) mass is 303 g/mol. The van der Waals surface area contributed by atoms with Crippen molar-refractivity contribution in [3.63, 3.8) is 0 Å². The van der Waals surface area contributed by atoms with E-state index in [1.54, 1.807) is 5.38 Å². The first kappa shape index (κ1) is 14.5. The standard InChI is InChI=1S/C11H12F3N5S/c12-11(13,14)3-1-7-2-4-16-10(19-7)17-5-8-6-20-9(15)18-8/h2,4,6H,1,3,5H2,(H2,15,18)(H,16,17,19). The van der Waals surface area contributed by atoms with Crippen LogP contribution in [0.2, 0.25) is 0 Å². The minimum atomic E-state index is -4.18. The van der Waals surface area contributed by atoms with Gasteiger partial charge in [-0.05, 0) is 12.5 Å². The van der Waals surface area contributed by atoms with Crippen molar-refractivity contribution in [2.24, 2.45) is 0 Å². The van der Waals surface area contributed by atoms with Crippen molar-refractivity contribution in [1.82, 2.24) is 15.0 Å². The summed E-state index contributed by atoms with van der Waals surface area (Å²) in [6.07, 6.45) is -3.82. The molecule has 9 heteroatoms. The van der Waals surface area contributed by atoms with Crippen LogP contribution >= 0.6 is 11.3 Å². The van der Waals surface area contributed by atoms with Crippen molar-refractivity contribution in [2.45, 2.75) is 25.6 Å². The second-order valence-corrected chi connectivity index (χ2v) is 4.91. The highest BCUT2D eigenvalue weighted by molar-refractivity contribution is 7.13. The first-order chi connectivity index (χ1) is 9.42. The number of aromatic nitrogens is 3. The number of nitrogens with one attached hydrogen (secondary N) is 1. The molecule has 0 atom stereocenters. The van der Waals surface area contributed by atoms with Crippen molar-refractivity contribution < 1.29 is 13.2 Å². The van der Waals surface area contributed by atoms with E-state index < -0.39 is 12.6 Å². The minimum absolute atomic E-state index is 0.162. The Bertz CT molecular complexity index is 569. The molecule has 5 nitrogen and oxygen atoms in total. The molecule has 108 valence electrons. The molecule has 0 aliphatic carbocycles. The molecule has 0 saturated carbocycles. The number of hydrogen-bond donors (Lipinski definition) is 2. The van der Waals surface area contributed by atoms with Crippen LogP contribution < -0.4 is 11.1 Å². The van der Waals surface area contributed by atoms with Gasteiger partial charge in [-0.15, -0.1) is 11.3 Å². The van der Waals surface area contributed by atoms with Gasteiger partial charge in [0.1, 0.15) is 0 Å².